The van der Waals surface area contributed by atoms with Gasteiger partial charge in [0.25, 0.3) is 0 Å². The standard InChI is InChI=1S/C21H23F3N4S.HI/c1-25-20(27-18-10-13-28(14-11-18)19-5-3-15-29-19)26-12-2-4-16-6-8-17(9-7-16)21(22,23)24;/h3,5-9,15,18H,10-14H2,1H3,(H2,25,26,27);1H. The molecule has 2 aromatic rings. The number of hydrogen-bond acceptors (Lipinski definition) is 3. The molecule has 1 fully saturated rings. The predicted octanol–water partition coefficient (Wildman–Crippen LogP) is 4.57. The first kappa shape index (κ1) is 24.3. The van der Waals surface area contributed by atoms with Crippen LogP contribution in [-0.4, -0.2) is 38.7 Å². The van der Waals surface area contributed by atoms with Crippen LogP contribution < -0.4 is 15.5 Å². The Labute approximate surface area is 196 Å². The molecule has 0 bridgehead atoms. The van der Waals surface area contributed by atoms with Crippen LogP contribution in [-0.2, 0) is 6.18 Å². The second-order valence-electron chi connectivity index (χ2n) is 6.66. The number of hydrogen-bond donors (Lipinski definition) is 2. The minimum Gasteiger partial charge on any atom is -0.363 e. The Morgan fingerprint density at radius 1 is 1.20 bits per heavy atom. The van der Waals surface area contributed by atoms with Gasteiger partial charge in [-0.3, -0.25) is 4.99 Å². The molecule has 1 saturated heterocycles. The van der Waals surface area contributed by atoms with Crippen molar-refractivity contribution in [3.8, 4) is 11.8 Å². The summed E-state index contributed by atoms with van der Waals surface area (Å²) in [6.07, 6.45) is -2.28. The highest BCUT2D eigenvalue weighted by atomic mass is 127. The number of thiophene rings is 1. The third-order valence-electron chi connectivity index (χ3n) is 4.67. The summed E-state index contributed by atoms with van der Waals surface area (Å²) in [4.78, 5) is 6.62. The number of nitrogens with zero attached hydrogens (tertiary/aromatic N) is 2. The molecule has 0 atom stereocenters. The molecule has 0 unspecified atom stereocenters. The van der Waals surface area contributed by atoms with E-state index >= 15 is 0 Å². The van der Waals surface area contributed by atoms with Gasteiger partial charge < -0.3 is 15.5 Å². The van der Waals surface area contributed by atoms with E-state index in [-0.39, 0.29) is 24.0 Å². The second kappa shape index (κ2) is 11.5. The molecule has 0 aliphatic carbocycles. The molecular formula is C21H24F3IN4S. The van der Waals surface area contributed by atoms with Crippen molar-refractivity contribution in [1.29, 1.82) is 0 Å². The van der Waals surface area contributed by atoms with Crippen LogP contribution in [0.4, 0.5) is 18.2 Å². The molecular weight excluding hydrogens is 524 g/mol. The number of anilines is 1. The van der Waals surface area contributed by atoms with Crippen LogP contribution in [0.5, 0.6) is 0 Å². The first-order chi connectivity index (χ1) is 14.0. The molecule has 4 nitrogen and oxygen atoms in total. The van der Waals surface area contributed by atoms with Crippen LogP contribution in [0.2, 0.25) is 0 Å². The van der Waals surface area contributed by atoms with Gasteiger partial charge in [0.15, 0.2) is 5.96 Å². The molecule has 3 rings (SSSR count). The number of halogens is 4. The largest absolute Gasteiger partial charge is 0.416 e. The normalized spacial score (nSPS) is 15.1. The molecule has 162 valence electrons. The monoisotopic (exact) mass is 548 g/mol. The van der Waals surface area contributed by atoms with Crippen molar-refractivity contribution in [2.45, 2.75) is 25.1 Å². The summed E-state index contributed by atoms with van der Waals surface area (Å²) in [5, 5.41) is 9.96. The van der Waals surface area contributed by atoms with Gasteiger partial charge in [0.1, 0.15) is 0 Å². The van der Waals surface area contributed by atoms with Gasteiger partial charge in [0.2, 0.25) is 0 Å². The van der Waals surface area contributed by atoms with Gasteiger partial charge in [0.05, 0.1) is 17.1 Å². The summed E-state index contributed by atoms with van der Waals surface area (Å²) in [6, 6.07) is 9.41. The number of benzene rings is 1. The van der Waals surface area contributed by atoms with Gasteiger partial charge >= 0.3 is 6.18 Å². The lowest BCUT2D eigenvalue weighted by Gasteiger charge is -2.33. The zero-order chi connectivity index (χ0) is 20.7. The van der Waals surface area contributed by atoms with Crippen molar-refractivity contribution < 1.29 is 13.2 Å². The van der Waals surface area contributed by atoms with Gasteiger partial charge in [-0.15, -0.1) is 35.3 Å². The molecule has 0 spiro atoms. The van der Waals surface area contributed by atoms with E-state index in [4.69, 9.17) is 0 Å². The third-order valence-corrected chi connectivity index (χ3v) is 5.60. The average Bonchev–Trinajstić information content (AvgIpc) is 3.25. The Balaban J connectivity index is 0.00000320. The van der Waals surface area contributed by atoms with E-state index in [1.165, 1.54) is 17.1 Å². The molecule has 0 saturated carbocycles. The molecule has 0 amide bonds. The Hall–Kier alpha value is -1.93. The number of piperidine rings is 1. The molecule has 1 aliphatic rings. The number of alkyl halides is 3. The molecule has 2 N–H and O–H groups in total. The lowest BCUT2D eigenvalue weighted by Crippen LogP contribution is -2.48. The first-order valence-electron chi connectivity index (χ1n) is 9.37. The van der Waals surface area contributed by atoms with E-state index in [2.05, 4.69) is 49.9 Å². The molecule has 9 heteroatoms. The number of nitrogens with one attached hydrogen (secondary N) is 2. The van der Waals surface area contributed by atoms with Gasteiger partial charge in [-0.05, 0) is 54.6 Å². The van der Waals surface area contributed by atoms with Crippen LogP contribution in [0, 0.1) is 11.8 Å². The van der Waals surface area contributed by atoms with Crippen LogP contribution in [0.1, 0.15) is 24.0 Å². The Bertz CT molecular complexity index is 862. The molecule has 1 aliphatic heterocycles. The average molecular weight is 548 g/mol. The maximum atomic E-state index is 12.6. The highest BCUT2D eigenvalue weighted by Gasteiger charge is 2.29. The van der Waals surface area contributed by atoms with E-state index in [0.717, 1.165) is 38.1 Å². The van der Waals surface area contributed by atoms with Crippen molar-refractivity contribution in [2.75, 3.05) is 31.6 Å². The van der Waals surface area contributed by atoms with Crippen LogP contribution in [0.15, 0.2) is 46.8 Å². The van der Waals surface area contributed by atoms with Crippen molar-refractivity contribution in [3.63, 3.8) is 0 Å². The summed E-state index contributed by atoms with van der Waals surface area (Å²) in [5.41, 5.74) is -0.125. The quantitative estimate of drug-likeness (QED) is 0.256. The molecule has 30 heavy (non-hydrogen) atoms. The zero-order valence-electron chi connectivity index (χ0n) is 16.5. The predicted molar refractivity (Wildman–Crippen MR) is 128 cm³/mol. The van der Waals surface area contributed by atoms with Crippen molar-refractivity contribution >= 4 is 46.3 Å². The Kier molecular flexibility index (Phi) is 9.30. The second-order valence-corrected chi connectivity index (χ2v) is 7.59. The lowest BCUT2D eigenvalue weighted by molar-refractivity contribution is -0.137. The van der Waals surface area contributed by atoms with E-state index in [9.17, 15) is 13.2 Å². The highest BCUT2D eigenvalue weighted by Crippen LogP contribution is 2.29. The first-order valence-corrected chi connectivity index (χ1v) is 10.3. The topological polar surface area (TPSA) is 39.7 Å². The summed E-state index contributed by atoms with van der Waals surface area (Å²) < 4.78 is 37.7. The van der Waals surface area contributed by atoms with E-state index in [1.54, 1.807) is 18.4 Å². The molecule has 1 aromatic carbocycles. The smallest absolute Gasteiger partial charge is 0.363 e. The lowest BCUT2D eigenvalue weighted by atomic mass is 10.1. The van der Waals surface area contributed by atoms with Gasteiger partial charge in [-0.25, -0.2) is 0 Å². The zero-order valence-corrected chi connectivity index (χ0v) is 19.6. The molecule has 2 heterocycles. The van der Waals surface area contributed by atoms with E-state index in [1.807, 2.05) is 0 Å². The fraction of sp³-hybridized carbons (Fsp3) is 0.381. The molecule has 1 aromatic heterocycles. The van der Waals surface area contributed by atoms with Crippen LogP contribution in [0.25, 0.3) is 0 Å². The Morgan fingerprint density at radius 3 is 2.47 bits per heavy atom. The summed E-state index contributed by atoms with van der Waals surface area (Å²) in [6.45, 7) is 2.36. The maximum absolute atomic E-state index is 12.6. The third kappa shape index (κ3) is 7.09. The minimum absolute atomic E-state index is 0. The molecule has 0 radical (unpaired) electrons. The van der Waals surface area contributed by atoms with E-state index in [0.29, 0.717) is 24.1 Å². The fourth-order valence-corrected chi connectivity index (χ4v) is 3.88. The highest BCUT2D eigenvalue weighted by molar-refractivity contribution is 14.0. The Morgan fingerprint density at radius 2 is 1.90 bits per heavy atom. The van der Waals surface area contributed by atoms with E-state index < -0.39 is 11.7 Å². The number of guanidine groups is 1. The maximum Gasteiger partial charge on any atom is 0.416 e. The summed E-state index contributed by atoms with van der Waals surface area (Å²) in [5.74, 6) is 6.46. The van der Waals surface area contributed by atoms with Crippen molar-refractivity contribution in [3.05, 3.63) is 52.9 Å². The van der Waals surface area contributed by atoms with Crippen LogP contribution in [0.3, 0.4) is 0 Å². The SMILES string of the molecule is CN=C(NCC#Cc1ccc(C(F)(F)F)cc1)NC1CCN(c2cccs2)CC1.I. The summed E-state index contributed by atoms with van der Waals surface area (Å²) in [7, 11) is 1.71. The summed E-state index contributed by atoms with van der Waals surface area (Å²) >= 11 is 1.76. The minimum atomic E-state index is -4.33. The van der Waals surface area contributed by atoms with Gasteiger partial charge in [0, 0.05) is 31.7 Å². The van der Waals surface area contributed by atoms with Crippen molar-refractivity contribution in [1.82, 2.24) is 10.6 Å². The fourth-order valence-electron chi connectivity index (χ4n) is 3.10. The number of rotatable bonds is 3. The van der Waals surface area contributed by atoms with Gasteiger partial charge in [-0.2, -0.15) is 13.2 Å². The number of aliphatic imine (C=N–C) groups is 1. The van der Waals surface area contributed by atoms with Crippen LogP contribution >= 0.6 is 35.3 Å². The van der Waals surface area contributed by atoms with Crippen molar-refractivity contribution in [2.24, 2.45) is 4.99 Å². The van der Waals surface area contributed by atoms with Gasteiger partial charge in [-0.1, -0.05) is 11.8 Å².